The lowest BCUT2D eigenvalue weighted by molar-refractivity contribution is 0.152. The Morgan fingerprint density at radius 1 is 0.929 bits per heavy atom. The molecule has 0 N–H and O–H groups in total. The molecular formula is C12H23OP. The SMILES string of the molecule is POCC(C1CCCC1)C1CCCC1. The van der Waals surface area contributed by atoms with Crippen LogP contribution in [0.2, 0.25) is 0 Å². The van der Waals surface area contributed by atoms with Crippen LogP contribution in [0.1, 0.15) is 51.4 Å². The standard InChI is InChI=1S/C12H23OP/c14-13-9-12(10-5-1-2-6-10)11-7-3-4-8-11/h10-12H,1-9,14H2. The third-order valence-electron chi connectivity index (χ3n) is 4.30. The van der Waals surface area contributed by atoms with Crippen molar-refractivity contribution >= 4 is 9.47 Å². The Balaban J connectivity index is 1.91. The van der Waals surface area contributed by atoms with E-state index in [1.165, 1.54) is 51.4 Å². The van der Waals surface area contributed by atoms with Crippen molar-refractivity contribution in [3.8, 4) is 0 Å². The van der Waals surface area contributed by atoms with E-state index in [1.807, 2.05) is 0 Å². The van der Waals surface area contributed by atoms with E-state index in [1.54, 1.807) is 0 Å². The summed E-state index contributed by atoms with van der Waals surface area (Å²) in [6.07, 6.45) is 11.7. The molecule has 0 aliphatic heterocycles. The fourth-order valence-corrected chi connectivity index (χ4v) is 3.76. The second-order valence-corrected chi connectivity index (χ2v) is 5.42. The molecule has 2 fully saturated rings. The number of hydrogen-bond donors (Lipinski definition) is 0. The first-order valence-corrected chi connectivity index (χ1v) is 6.70. The fourth-order valence-electron chi connectivity index (χ4n) is 3.54. The molecule has 0 saturated heterocycles. The molecule has 0 aromatic rings. The van der Waals surface area contributed by atoms with Gasteiger partial charge in [0.25, 0.3) is 0 Å². The van der Waals surface area contributed by atoms with Crippen molar-refractivity contribution in [1.82, 2.24) is 0 Å². The molecule has 14 heavy (non-hydrogen) atoms. The Kier molecular flexibility index (Phi) is 4.25. The molecule has 2 aliphatic carbocycles. The van der Waals surface area contributed by atoms with Gasteiger partial charge in [-0.2, -0.15) is 0 Å². The zero-order valence-corrected chi connectivity index (χ0v) is 10.2. The van der Waals surface area contributed by atoms with Crippen LogP contribution >= 0.6 is 9.47 Å². The summed E-state index contributed by atoms with van der Waals surface area (Å²) in [5.74, 6) is 2.84. The molecule has 82 valence electrons. The van der Waals surface area contributed by atoms with Crippen LogP contribution in [0.4, 0.5) is 0 Å². The third kappa shape index (κ3) is 2.49. The van der Waals surface area contributed by atoms with Gasteiger partial charge in [0.15, 0.2) is 0 Å². The smallest absolute Gasteiger partial charge is 0.0535 e. The molecule has 2 aliphatic rings. The van der Waals surface area contributed by atoms with E-state index in [-0.39, 0.29) is 0 Å². The summed E-state index contributed by atoms with van der Waals surface area (Å²) in [6, 6.07) is 0. The van der Waals surface area contributed by atoms with Gasteiger partial charge < -0.3 is 4.52 Å². The Morgan fingerprint density at radius 3 is 1.71 bits per heavy atom. The Bertz CT molecular complexity index is 144. The van der Waals surface area contributed by atoms with Crippen molar-refractivity contribution in [2.75, 3.05) is 6.61 Å². The summed E-state index contributed by atoms with van der Waals surface area (Å²) in [5, 5.41) is 0. The summed E-state index contributed by atoms with van der Waals surface area (Å²) in [4.78, 5) is 0. The van der Waals surface area contributed by atoms with E-state index in [0.29, 0.717) is 0 Å². The van der Waals surface area contributed by atoms with Crippen molar-refractivity contribution in [2.24, 2.45) is 17.8 Å². The molecular weight excluding hydrogens is 191 g/mol. The zero-order chi connectivity index (χ0) is 9.80. The van der Waals surface area contributed by atoms with E-state index < -0.39 is 0 Å². The van der Waals surface area contributed by atoms with Crippen molar-refractivity contribution in [3.05, 3.63) is 0 Å². The van der Waals surface area contributed by atoms with Gasteiger partial charge in [0, 0.05) is 9.47 Å². The highest BCUT2D eigenvalue weighted by atomic mass is 31.0. The average Bonchev–Trinajstić information content (AvgIpc) is 2.87. The minimum absolute atomic E-state index is 0.873. The first-order valence-electron chi connectivity index (χ1n) is 6.23. The van der Waals surface area contributed by atoms with E-state index in [2.05, 4.69) is 9.47 Å². The predicted molar refractivity (Wildman–Crippen MR) is 63.1 cm³/mol. The molecule has 0 aromatic carbocycles. The van der Waals surface area contributed by atoms with Crippen molar-refractivity contribution in [2.45, 2.75) is 51.4 Å². The molecule has 1 unspecified atom stereocenters. The second kappa shape index (κ2) is 5.47. The average molecular weight is 214 g/mol. The van der Waals surface area contributed by atoms with E-state index in [4.69, 9.17) is 4.52 Å². The van der Waals surface area contributed by atoms with Crippen molar-refractivity contribution < 1.29 is 4.52 Å². The van der Waals surface area contributed by atoms with Gasteiger partial charge in [0.1, 0.15) is 0 Å². The van der Waals surface area contributed by atoms with Crippen LogP contribution in [0.3, 0.4) is 0 Å². The first kappa shape index (κ1) is 10.9. The highest BCUT2D eigenvalue weighted by Crippen LogP contribution is 2.41. The van der Waals surface area contributed by atoms with Gasteiger partial charge in [-0.1, -0.05) is 51.4 Å². The van der Waals surface area contributed by atoms with Gasteiger partial charge in [-0.3, -0.25) is 0 Å². The Morgan fingerprint density at radius 2 is 1.36 bits per heavy atom. The third-order valence-corrected chi connectivity index (χ3v) is 4.49. The molecule has 2 heteroatoms. The maximum atomic E-state index is 5.35. The molecule has 2 rings (SSSR count). The number of rotatable bonds is 4. The van der Waals surface area contributed by atoms with Crippen LogP contribution in [0.15, 0.2) is 0 Å². The molecule has 0 heterocycles. The van der Waals surface area contributed by atoms with E-state index in [9.17, 15) is 0 Å². The normalized spacial score (nSPS) is 25.3. The fraction of sp³-hybridized carbons (Fsp3) is 1.00. The first-order chi connectivity index (χ1) is 6.92. The largest absolute Gasteiger partial charge is 0.365 e. The van der Waals surface area contributed by atoms with E-state index >= 15 is 0 Å². The lowest BCUT2D eigenvalue weighted by atomic mass is 9.80. The lowest BCUT2D eigenvalue weighted by Crippen LogP contribution is -2.24. The molecule has 0 spiro atoms. The second-order valence-electron chi connectivity index (χ2n) is 5.09. The summed E-state index contributed by atoms with van der Waals surface area (Å²) in [6.45, 7) is 0.986. The molecule has 2 saturated carbocycles. The molecule has 0 aromatic heterocycles. The molecule has 1 atom stereocenters. The summed E-state index contributed by atoms with van der Waals surface area (Å²) >= 11 is 0. The van der Waals surface area contributed by atoms with Gasteiger partial charge in [-0.25, -0.2) is 0 Å². The maximum Gasteiger partial charge on any atom is 0.0535 e. The minimum Gasteiger partial charge on any atom is -0.365 e. The van der Waals surface area contributed by atoms with Crippen LogP contribution in [0.25, 0.3) is 0 Å². The van der Waals surface area contributed by atoms with Crippen LogP contribution in [0, 0.1) is 17.8 Å². The van der Waals surface area contributed by atoms with Crippen LogP contribution in [-0.4, -0.2) is 6.61 Å². The predicted octanol–water partition coefficient (Wildman–Crippen LogP) is 3.79. The van der Waals surface area contributed by atoms with Crippen LogP contribution < -0.4 is 0 Å². The molecule has 0 radical (unpaired) electrons. The molecule has 0 bridgehead atoms. The number of hydrogen-bond acceptors (Lipinski definition) is 1. The van der Waals surface area contributed by atoms with Crippen molar-refractivity contribution in [1.29, 1.82) is 0 Å². The topological polar surface area (TPSA) is 9.23 Å². The Hall–Kier alpha value is 0.390. The van der Waals surface area contributed by atoms with Gasteiger partial charge in [-0.15, -0.1) is 0 Å². The van der Waals surface area contributed by atoms with E-state index in [0.717, 1.165) is 24.4 Å². The van der Waals surface area contributed by atoms with Gasteiger partial charge in [-0.05, 0) is 17.8 Å². The maximum absolute atomic E-state index is 5.35. The molecule has 0 amide bonds. The van der Waals surface area contributed by atoms with Gasteiger partial charge >= 0.3 is 0 Å². The summed E-state index contributed by atoms with van der Waals surface area (Å²) in [7, 11) is 2.44. The van der Waals surface area contributed by atoms with Crippen LogP contribution in [-0.2, 0) is 4.52 Å². The monoisotopic (exact) mass is 214 g/mol. The Labute approximate surface area is 90.3 Å². The highest BCUT2D eigenvalue weighted by molar-refractivity contribution is 7.09. The molecule has 1 nitrogen and oxygen atoms in total. The minimum atomic E-state index is 0.873. The lowest BCUT2D eigenvalue weighted by Gasteiger charge is -2.28. The highest BCUT2D eigenvalue weighted by Gasteiger charge is 2.32. The zero-order valence-electron chi connectivity index (χ0n) is 9.08. The van der Waals surface area contributed by atoms with Crippen molar-refractivity contribution in [3.63, 3.8) is 0 Å². The quantitative estimate of drug-likeness (QED) is 0.647. The van der Waals surface area contributed by atoms with Gasteiger partial charge in [0.05, 0.1) is 6.61 Å². The van der Waals surface area contributed by atoms with Crippen LogP contribution in [0.5, 0.6) is 0 Å². The summed E-state index contributed by atoms with van der Waals surface area (Å²) < 4.78 is 5.35. The summed E-state index contributed by atoms with van der Waals surface area (Å²) in [5.41, 5.74) is 0. The van der Waals surface area contributed by atoms with Gasteiger partial charge in [0.2, 0.25) is 0 Å².